The average Bonchev–Trinajstić information content (AvgIpc) is 3.34. The molecule has 0 aliphatic rings. The van der Waals surface area contributed by atoms with Crippen LogP contribution in [0.2, 0.25) is 0 Å². The average molecular weight is 452 g/mol. The Labute approximate surface area is 187 Å². The van der Waals surface area contributed by atoms with Gasteiger partial charge in [-0.15, -0.1) is 11.3 Å². The number of rotatable bonds is 6. The van der Waals surface area contributed by atoms with E-state index in [0.29, 0.717) is 5.13 Å². The zero-order valence-corrected chi connectivity index (χ0v) is 18.5. The van der Waals surface area contributed by atoms with Crippen LogP contribution in [-0.2, 0) is 11.3 Å². The Morgan fingerprint density at radius 3 is 2.62 bits per heavy atom. The van der Waals surface area contributed by atoms with Crippen LogP contribution in [0.25, 0.3) is 16.9 Å². The van der Waals surface area contributed by atoms with Crippen molar-refractivity contribution in [2.45, 2.75) is 20.4 Å². The number of amides is 1. The summed E-state index contributed by atoms with van der Waals surface area (Å²) in [5.74, 6) is 0.379. The molecule has 0 bridgehead atoms. The van der Waals surface area contributed by atoms with Gasteiger partial charge in [0, 0.05) is 40.3 Å². The van der Waals surface area contributed by atoms with E-state index < -0.39 is 17.2 Å². The van der Waals surface area contributed by atoms with E-state index in [2.05, 4.69) is 25.9 Å². The van der Waals surface area contributed by atoms with Crippen LogP contribution in [0.5, 0.6) is 5.75 Å². The van der Waals surface area contributed by atoms with Gasteiger partial charge in [0.1, 0.15) is 12.3 Å². The topological polar surface area (TPSA) is 111 Å². The number of aromatic nitrogens is 4. The molecule has 0 radical (unpaired) electrons. The van der Waals surface area contributed by atoms with Gasteiger partial charge in [0.05, 0.1) is 12.8 Å². The Kier molecular flexibility index (Phi) is 5.78. The standard InChI is InChI=1S/C22H21N5O4S/c1-13-10-17(14(2)27(13)15-4-6-16(31-3)7-5-15)18-12-32-21(23-18)24-20(29)11-26-9-8-19(28)25-22(26)30/h4-10,12H,11H2,1-3H3,(H,23,24,29)(H,25,28,30). The summed E-state index contributed by atoms with van der Waals surface area (Å²) in [6, 6.07) is 11.1. The van der Waals surface area contributed by atoms with E-state index in [-0.39, 0.29) is 6.54 Å². The maximum absolute atomic E-state index is 12.3. The molecule has 0 aliphatic carbocycles. The first kappa shape index (κ1) is 21.3. The number of H-pyrrole nitrogens is 1. The minimum atomic E-state index is -0.640. The summed E-state index contributed by atoms with van der Waals surface area (Å²) < 4.78 is 8.49. The van der Waals surface area contributed by atoms with Gasteiger partial charge < -0.3 is 14.6 Å². The third kappa shape index (κ3) is 4.26. The van der Waals surface area contributed by atoms with E-state index in [0.717, 1.165) is 38.6 Å². The number of benzene rings is 1. The molecular formula is C22H21N5O4S. The van der Waals surface area contributed by atoms with Crippen molar-refractivity contribution in [2.75, 3.05) is 12.4 Å². The van der Waals surface area contributed by atoms with Crippen LogP contribution in [0.3, 0.4) is 0 Å². The molecule has 0 spiro atoms. The molecule has 1 aromatic carbocycles. The van der Waals surface area contributed by atoms with Crippen molar-refractivity contribution in [1.29, 1.82) is 0 Å². The van der Waals surface area contributed by atoms with E-state index in [1.807, 2.05) is 43.5 Å². The highest BCUT2D eigenvalue weighted by molar-refractivity contribution is 7.14. The number of hydrogen-bond donors (Lipinski definition) is 2. The summed E-state index contributed by atoms with van der Waals surface area (Å²) in [5.41, 5.74) is 3.66. The van der Waals surface area contributed by atoms with Crippen LogP contribution in [0.15, 0.2) is 57.6 Å². The number of nitrogens with zero attached hydrogens (tertiary/aromatic N) is 3. The summed E-state index contributed by atoms with van der Waals surface area (Å²) in [4.78, 5) is 41.9. The Bertz CT molecular complexity index is 1390. The zero-order chi connectivity index (χ0) is 22.8. The fourth-order valence-electron chi connectivity index (χ4n) is 3.49. The van der Waals surface area contributed by atoms with Crippen LogP contribution < -0.4 is 21.3 Å². The van der Waals surface area contributed by atoms with E-state index in [4.69, 9.17) is 4.74 Å². The molecule has 0 saturated carbocycles. The number of anilines is 1. The second kappa shape index (κ2) is 8.67. The number of nitrogens with one attached hydrogen (secondary N) is 2. The first-order valence-corrected chi connectivity index (χ1v) is 10.6. The predicted molar refractivity (Wildman–Crippen MR) is 123 cm³/mol. The number of ether oxygens (including phenoxy) is 1. The highest BCUT2D eigenvalue weighted by Gasteiger charge is 2.16. The number of aryl methyl sites for hydroxylation is 1. The smallest absolute Gasteiger partial charge is 0.328 e. The van der Waals surface area contributed by atoms with Crippen molar-refractivity contribution in [1.82, 2.24) is 19.1 Å². The van der Waals surface area contributed by atoms with Crippen LogP contribution in [0, 0.1) is 13.8 Å². The van der Waals surface area contributed by atoms with Crippen molar-refractivity contribution >= 4 is 22.4 Å². The number of thiazole rings is 1. The monoisotopic (exact) mass is 451 g/mol. The maximum Gasteiger partial charge on any atom is 0.328 e. The molecule has 3 heterocycles. The largest absolute Gasteiger partial charge is 0.497 e. The molecule has 9 nitrogen and oxygen atoms in total. The first-order valence-electron chi connectivity index (χ1n) is 9.74. The van der Waals surface area contributed by atoms with Crippen LogP contribution in [0.1, 0.15) is 11.4 Å². The summed E-state index contributed by atoms with van der Waals surface area (Å²) >= 11 is 1.30. The number of methoxy groups -OCH3 is 1. The summed E-state index contributed by atoms with van der Waals surface area (Å²) in [6.07, 6.45) is 1.28. The molecule has 32 heavy (non-hydrogen) atoms. The van der Waals surface area contributed by atoms with Gasteiger partial charge in [0.2, 0.25) is 5.91 Å². The van der Waals surface area contributed by atoms with Gasteiger partial charge >= 0.3 is 5.69 Å². The van der Waals surface area contributed by atoms with Crippen LogP contribution >= 0.6 is 11.3 Å². The molecule has 3 aromatic heterocycles. The molecule has 0 saturated heterocycles. The van der Waals surface area contributed by atoms with Gasteiger partial charge in [0.25, 0.3) is 5.56 Å². The quantitative estimate of drug-likeness (QED) is 0.468. The van der Waals surface area contributed by atoms with Gasteiger partial charge in [-0.25, -0.2) is 9.78 Å². The fraction of sp³-hybridized carbons (Fsp3) is 0.182. The highest BCUT2D eigenvalue weighted by atomic mass is 32.1. The minimum Gasteiger partial charge on any atom is -0.497 e. The SMILES string of the molecule is COc1ccc(-n2c(C)cc(-c3csc(NC(=O)Cn4ccc(=O)[nH]c4=O)n3)c2C)cc1. The van der Waals surface area contributed by atoms with Crippen LogP contribution in [-0.4, -0.2) is 32.1 Å². The highest BCUT2D eigenvalue weighted by Crippen LogP contribution is 2.32. The van der Waals surface area contributed by atoms with Crippen molar-refractivity contribution in [3.8, 4) is 22.7 Å². The lowest BCUT2D eigenvalue weighted by atomic mass is 10.2. The van der Waals surface area contributed by atoms with Gasteiger partial charge in [-0.2, -0.15) is 0 Å². The lowest BCUT2D eigenvalue weighted by Crippen LogP contribution is -2.32. The third-order valence-corrected chi connectivity index (χ3v) is 5.76. The third-order valence-electron chi connectivity index (χ3n) is 5.00. The lowest BCUT2D eigenvalue weighted by Gasteiger charge is -2.10. The molecule has 164 valence electrons. The summed E-state index contributed by atoms with van der Waals surface area (Å²) in [6.45, 7) is 3.82. The van der Waals surface area contributed by atoms with Crippen molar-refractivity contribution in [3.63, 3.8) is 0 Å². The van der Waals surface area contributed by atoms with E-state index in [1.165, 1.54) is 23.6 Å². The van der Waals surface area contributed by atoms with E-state index in [9.17, 15) is 14.4 Å². The van der Waals surface area contributed by atoms with Gasteiger partial charge in [-0.3, -0.25) is 19.1 Å². The second-order valence-electron chi connectivity index (χ2n) is 7.14. The Morgan fingerprint density at radius 1 is 1.19 bits per heavy atom. The number of carbonyl (C=O) groups is 1. The molecule has 0 unspecified atom stereocenters. The Balaban J connectivity index is 1.54. The lowest BCUT2D eigenvalue weighted by molar-refractivity contribution is -0.116. The predicted octanol–water partition coefficient (Wildman–Crippen LogP) is 2.71. The molecule has 4 aromatic rings. The molecule has 0 aliphatic heterocycles. The summed E-state index contributed by atoms with van der Waals surface area (Å²) in [7, 11) is 1.64. The van der Waals surface area contributed by atoms with E-state index >= 15 is 0 Å². The second-order valence-corrected chi connectivity index (χ2v) is 8.00. The summed E-state index contributed by atoms with van der Waals surface area (Å²) in [5, 5.41) is 5.01. The number of carbonyl (C=O) groups excluding carboxylic acids is 1. The molecule has 4 rings (SSSR count). The van der Waals surface area contributed by atoms with Crippen molar-refractivity contribution in [3.05, 3.63) is 80.2 Å². The molecule has 0 atom stereocenters. The van der Waals surface area contributed by atoms with Gasteiger partial charge in [-0.1, -0.05) is 0 Å². The molecular weight excluding hydrogens is 430 g/mol. The van der Waals surface area contributed by atoms with Crippen molar-refractivity contribution in [2.24, 2.45) is 0 Å². The van der Waals surface area contributed by atoms with Gasteiger partial charge in [0.15, 0.2) is 5.13 Å². The number of aromatic amines is 1. The normalized spacial score (nSPS) is 10.8. The fourth-order valence-corrected chi connectivity index (χ4v) is 4.21. The Morgan fingerprint density at radius 2 is 1.94 bits per heavy atom. The maximum atomic E-state index is 12.3. The zero-order valence-electron chi connectivity index (χ0n) is 17.7. The van der Waals surface area contributed by atoms with Crippen molar-refractivity contribution < 1.29 is 9.53 Å². The van der Waals surface area contributed by atoms with Gasteiger partial charge in [-0.05, 0) is 44.2 Å². The molecule has 0 fully saturated rings. The number of hydrogen-bond acceptors (Lipinski definition) is 6. The van der Waals surface area contributed by atoms with E-state index in [1.54, 1.807) is 7.11 Å². The molecule has 1 amide bonds. The molecule has 2 N–H and O–H groups in total. The first-order chi connectivity index (χ1) is 15.4. The molecule has 10 heteroatoms. The van der Waals surface area contributed by atoms with Crippen LogP contribution in [0.4, 0.5) is 5.13 Å². The minimum absolute atomic E-state index is 0.226. The Hall–Kier alpha value is -3.92.